The predicted octanol–water partition coefficient (Wildman–Crippen LogP) is 6.28. The number of ether oxygens (including phenoxy) is 4. The van der Waals surface area contributed by atoms with Gasteiger partial charge >= 0.3 is 18.2 Å². The second-order valence-corrected chi connectivity index (χ2v) is 10.8. The topological polar surface area (TPSA) is 87.2 Å². The summed E-state index contributed by atoms with van der Waals surface area (Å²) in [6, 6.07) is 6.31. The summed E-state index contributed by atoms with van der Waals surface area (Å²) in [6.07, 6.45) is -4.14. The zero-order chi connectivity index (χ0) is 30.5. The minimum absolute atomic E-state index is 0.0278. The van der Waals surface area contributed by atoms with Crippen molar-refractivity contribution in [3.63, 3.8) is 0 Å². The fourth-order valence-corrected chi connectivity index (χ4v) is 5.33. The van der Waals surface area contributed by atoms with Crippen LogP contribution in [0, 0.1) is 18.3 Å². The van der Waals surface area contributed by atoms with Gasteiger partial charge in [-0.05, 0) is 36.5 Å². The molecule has 1 saturated heterocycles. The number of pyridine rings is 1. The van der Waals surface area contributed by atoms with Crippen LogP contribution in [-0.2, 0) is 31.8 Å². The minimum Gasteiger partial charge on any atom is -0.481 e. The Bertz CT molecular complexity index is 1240. The summed E-state index contributed by atoms with van der Waals surface area (Å²) in [5, 5.41) is 0. The Morgan fingerprint density at radius 2 is 1.83 bits per heavy atom. The smallest absolute Gasteiger partial charge is 0.417 e. The molecular formula is C30H37F3N2O6. The number of aromatic nitrogens is 1. The molecule has 2 aromatic rings. The van der Waals surface area contributed by atoms with Gasteiger partial charge in [0.2, 0.25) is 5.88 Å². The summed E-state index contributed by atoms with van der Waals surface area (Å²) in [5.74, 6) is -1.31. The van der Waals surface area contributed by atoms with Crippen LogP contribution in [0.3, 0.4) is 0 Å². The summed E-state index contributed by atoms with van der Waals surface area (Å²) >= 11 is 0. The van der Waals surface area contributed by atoms with E-state index in [2.05, 4.69) is 11.6 Å². The maximum absolute atomic E-state index is 13.6. The summed E-state index contributed by atoms with van der Waals surface area (Å²) < 4.78 is 63.1. The number of methoxy groups -OCH3 is 1. The molecule has 4 atom stereocenters. The molecule has 1 aliphatic rings. The number of benzene rings is 1. The van der Waals surface area contributed by atoms with Crippen LogP contribution in [0.15, 0.2) is 49.2 Å². The Labute approximate surface area is 238 Å². The summed E-state index contributed by atoms with van der Waals surface area (Å²) in [6.45, 7) is 12.5. The van der Waals surface area contributed by atoms with Gasteiger partial charge in [-0.15, -0.1) is 0 Å². The normalized spacial score (nSPS) is 21.0. The van der Waals surface area contributed by atoms with E-state index in [4.69, 9.17) is 18.9 Å². The first-order chi connectivity index (χ1) is 19.3. The fraction of sp³-hybridized carbons (Fsp3) is 0.500. The Kier molecular flexibility index (Phi) is 10.1. The maximum atomic E-state index is 13.6. The van der Waals surface area contributed by atoms with Crippen LogP contribution in [0.1, 0.15) is 56.0 Å². The molecule has 0 saturated carbocycles. The molecule has 3 rings (SSSR count). The van der Waals surface area contributed by atoms with Crippen LogP contribution in [0.5, 0.6) is 5.88 Å². The van der Waals surface area contributed by atoms with Gasteiger partial charge in [-0.1, -0.05) is 57.7 Å². The van der Waals surface area contributed by atoms with Crippen molar-refractivity contribution in [2.45, 2.75) is 65.6 Å². The van der Waals surface area contributed by atoms with Gasteiger partial charge in [0, 0.05) is 17.7 Å². The molecule has 0 aliphatic carbocycles. The number of esters is 1. The number of halogens is 3. The van der Waals surface area contributed by atoms with Crippen molar-refractivity contribution >= 4 is 12.1 Å². The van der Waals surface area contributed by atoms with E-state index in [-0.39, 0.29) is 31.3 Å². The van der Waals surface area contributed by atoms with Crippen LogP contribution >= 0.6 is 0 Å². The number of hydrogen-bond donors (Lipinski definition) is 0. The maximum Gasteiger partial charge on any atom is 0.417 e. The van der Waals surface area contributed by atoms with Gasteiger partial charge < -0.3 is 18.9 Å². The zero-order valence-corrected chi connectivity index (χ0v) is 24.2. The molecular weight excluding hydrogens is 541 g/mol. The highest BCUT2D eigenvalue weighted by molar-refractivity contribution is 5.83. The zero-order valence-electron chi connectivity index (χ0n) is 24.2. The van der Waals surface area contributed by atoms with Crippen LogP contribution in [0.4, 0.5) is 18.0 Å². The van der Waals surface area contributed by atoms with Crippen molar-refractivity contribution in [2.24, 2.45) is 11.3 Å². The van der Waals surface area contributed by atoms with Gasteiger partial charge in [0.05, 0.1) is 38.0 Å². The molecule has 0 N–H and O–H groups in total. The quantitative estimate of drug-likeness (QED) is 0.256. The number of carbonyl (C=O) groups excluding carboxylic acids is 2. The van der Waals surface area contributed by atoms with E-state index < -0.39 is 53.3 Å². The van der Waals surface area contributed by atoms with Crippen LogP contribution in [-0.4, -0.2) is 54.4 Å². The minimum atomic E-state index is -4.63. The highest BCUT2D eigenvalue weighted by atomic mass is 19.4. The second kappa shape index (κ2) is 12.9. The van der Waals surface area contributed by atoms with E-state index in [1.165, 1.54) is 18.1 Å². The molecule has 1 amide bonds. The van der Waals surface area contributed by atoms with Crippen molar-refractivity contribution in [3.8, 4) is 5.88 Å². The summed E-state index contributed by atoms with van der Waals surface area (Å²) in [7, 11) is 1.30. The van der Waals surface area contributed by atoms with Gasteiger partial charge in [0.1, 0.15) is 12.6 Å². The number of amides is 1. The van der Waals surface area contributed by atoms with Gasteiger partial charge in [0.25, 0.3) is 0 Å². The highest BCUT2D eigenvalue weighted by Crippen LogP contribution is 2.51. The number of rotatable bonds is 9. The Hall–Kier alpha value is -3.60. The molecule has 0 spiro atoms. The van der Waals surface area contributed by atoms with E-state index in [9.17, 15) is 22.8 Å². The van der Waals surface area contributed by atoms with Crippen molar-refractivity contribution in [3.05, 3.63) is 71.4 Å². The summed E-state index contributed by atoms with van der Waals surface area (Å²) in [5.41, 5.74) is 0.00234. The molecule has 41 heavy (non-hydrogen) atoms. The van der Waals surface area contributed by atoms with E-state index >= 15 is 0 Å². The third-order valence-corrected chi connectivity index (χ3v) is 7.05. The largest absolute Gasteiger partial charge is 0.481 e. The van der Waals surface area contributed by atoms with Gasteiger partial charge in [-0.2, -0.15) is 13.2 Å². The monoisotopic (exact) mass is 578 g/mol. The van der Waals surface area contributed by atoms with Crippen molar-refractivity contribution in [1.82, 2.24) is 9.88 Å². The molecule has 1 fully saturated rings. The molecule has 8 nitrogen and oxygen atoms in total. The third-order valence-electron chi connectivity index (χ3n) is 7.05. The summed E-state index contributed by atoms with van der Waals surface area (Å²) in [4.78, 5) is 32.3. The first-order valence-electron chi connectivity index (χ1n) is 13.3. The molecule has 11 heteroatoms. The lowest BCUT2D eigenvalue weighted by atomic mass is 9.73. The fourth-order valence-electron chi connectivity index (χ4n) is 5.33. The first-order valence-corrected chi connectivity index (χ1v) is 13.3. The number of nitrogens with zero attached hydrogens (tertiary/aromatic N) is 2. The lowest BCUT2D eigenvalue weighted by molar-refractivity contribution is -0.151. The average Bonchev–Trinajstić information content (AvgIpc) is 3.26. The molecule has 1 aromatic carbocycles. The Morgan fingerprint density at radius 3 is 2.39 bits per heavy atom. The van der Waals surface area contributed by atoms with Crippen molar-refractivity contribution in [2.75, 3.05) is 20.3 Å². The first kappa shape index (κ1) is 31.9. The number of aryl methyl sites for hydroxylation is 1. The molecule has 0 radical (unpaired) electrons. The lowest BCUT2D eigenvalue weighted by Crippen LogP contribution is -2.48. The highest BCUT2D eigenvalue weighted by Gasteiger charge is 2.60. The van der Waals surface area contributed by atoms with E-state index in [1.807, 2.05) is 45.9 Å². The number of alkyl halides is 3. The van der Waals surface area contributed by atoms with Gasteiger partial charge in [-0.3, -0.25) is 4.90 Å². The molecule has 0 bridgehead atoms. The van der Waals surface area contributed by atoms with Crippen LogP contribution < -0.4 is 4.74 Å². The standard InChI is InChI=1S/C30H37F3N2O6/c1-8-14-40-28(37)35-23(21-13-11-10-12-18(21)3)25(22(29(4,5)6)24(35)27(36)39-9-2)41-17-19-15-20(30(31,32)33)16-34-26(19)38-7/h8,10-13,15-16,22-25H,1,9,14,17H2,2-7H3/t22-,23+,24+,25+/m1/s1. The SMILES string of the molecule is C=CCOC(=O)N1[C@H](C(=O)OCC)[C@@H](C(C)(C)C)[C@H](OCc2cc(C(F)(F)F)cnc2OC)[C@@H]1c1ccccc1C. The Balaban J connectivity index is 2.21. The number of carbonyl (C=O) groups is 2. The van der Waals surface area contributed by atoms with Crippen LogP contribution in [0.25, 0.3) is 0 Å². The van der Waals surface area contributed by atoms with Crippen molar-refractivity contribution < 1.29 is 41.7 Å². The molecule has 1 aliphatic heterocycles. The van der Waals surface area contributed by atoms with Gasteiger partial charge in [0.15, 0.2) is 0 Å². The number of hydrogen-bond acceptors (Lipinski definition) is 7. The van der Waals surface area contributed by atoms with Crippen molar-refractivity contribution in [1.29, 1.82) is 0 Å². The molecule has 2 heterocycles. The number of likely N-dealkylation sites (tertiary alicyclic amines) is 1. The third kappa shape index (κ3) is 7.01. The Morgan fingerprint density at radius 1 is 1.15 bits per heavy atom. The van der Waals surface area contributed by atoms with E-state index in [1.54, 1.807) is 13.0 Å². The second-order valence-electron chi connectivity index (χ2n) is 10.8. The lowest BCUT2D eigenvalue weighted by Gasteiger charge is -2.35. The predicted molar refractivity (Wildman–Crippen MR) is 145 cm³/mol. The van der Waals surface area contributed by atoms with Gasteiger partial charge in [-0.25, -0.2) is 14.6 Å². The molecule has 1 aromatic heterocycles. The van der Waals surface area contributed by atoms with E-state index in [0.717, 1.165) is 11.6 Å². The molecule has 0 unspecified atom stereocenters. The average molecular weight is 579 g/mol. The van der Waals surface area contributed by atoms with E-state index in [0.29, 0.717) is 11.8 Å². The van der Waals surface area contributed by atoms with Crippen LogP contribution in [0.2, 0.25) is 0 Å². The molecule has 224 valence electrons.